The van der Waals surface area contributed by atoms with Crippen LogP contribution in [0.25, 0.3) is 0 Å². The normalized spacial score (nSPS) is 12.0. The fourth-order valence-corrected chi connectivity index (χ4v) is 4.11. The summed E-state index contributed by atoms with van der Waals surface area (Å²) in [7, 11) is -4.11. The predicted octanol–water partition coefficient (Wildman–Crippen LogP) is 4.86. The first-order valence-electron chi connectivity index (χ1n) is 8.56. The van der Waals surface area contributed by atoms with Gasteiger partial charge in [0.2, 0.25) is 0 Å². The van der Waals surface area contributed by atoms with Gasteiger partial charge in [-0.25, -0.2) is 8.42 Å². The second kappa shape index (κ2) is 8.53. The monoisotopic (exact) mass is 457 g/mol. The molecule has 10 heteroatoms. The average Bonchev–Trinajstić information content (AvgIpc) is 3.14. The lowest BCUT2D eigenvalue weighted by molar-refractivity contribution is -0.137. The lowest BCUT2D eigenvalue weighted by atomic mass is 10.2. The highest BCUT2D eigenvalue weighted by Gasteiger charge is 2.32. The van der Waals surface area contributed by atoms with Crippen LogP contribution in [0.3, 0.4) is 0 Å². The van der Waals surface area contributed by atoms with E-state index in [1.807, 2.05) is 0 Å². The van der Waals surface area contributed by atoms with Crippen LogP contribution in [0.1, 0.15) is 27.4 Å². The zero-order chi connectivity index (χ0) is 21.9. The Kier molecular flexibility index (Phi) is 6.23. The van der Waals surface area contributed by atoms with Crippen LogP contribution < -0.4 is 5.32 Å². The molecule has 0 radical (unpaired) electrons. The molecule has 1 heterocycles. The van der Waals surface area contributed by atoms with Crippen LogP contribution in [-0.2, 0) is 28.3 Å². The first-order valence-corrected chi connectivity index (χ1v) is 10.6. The summed E-state index contributed by atoms with van der Waals surface area (Å²) in [6.07, 6.45) is -4.66. The van der Waals surface area contributed by atoms with E-state index in [1.54, 1.807) is 24.3 Å². The fourth-order valence-electron chi connectivity index (χ4n) is 2.62. The Labute approximate surface area is 175 Å². The van der Waals surface area contributed by atoms with Gasteiger partial charge < -0.3 is 9.73 Å². The molecule has 158 valence electrons. The highest BCUT2D eigenvalue weighted by atomic mass is 35.5. The molecule has 1 aromatic heterocycles. The van der Waals surface area contributed by atoms with Gasteiger partial charge in [0.05, 0.1) is 10.5 Å². The number of hydrogen-bond acceptors (Lipinski definition) is 4. The molecule has 2 aromatic carbocycles. The summed E-state index contributed by atoms with van der Waals surface area (Å²) in [6, 6.07) is 12.9. The Morgan fingerprint density at radius 3 is 2.47 bits per heavy atom. The van der Waals surface area contributed by atoms with E-state index >= 15 is 0 Å². The van der Waals surface area contributed by atoms with Gasteiger partial charge in [-0.2, -0.15) is 13.2 Å². The van der Waals surface area contributed by atoms with Crippen LogP contribution >= 0.6 is 11.6 Å². The van der Waals surface area contributed by atoms with Gasteiger partial charge in [-0.15, -0.1) is 0 Å². The maximum absolute atomic E-state index is 12.8. The van der Waals surface area contributed by atoms with Gasteiger partial charge in [-0.05, 0) is 42.0 Å². The zero-order valence-corrected chi connectivity index (χ0v) is 16.8. The van der Waals surface area contributed by atoms with Crippen molar-refractivity contribution in [3.8, 4) is 0 Å². The number of alkyl halides is 3. The van der Waals surface area contributed by atoms with Crippen LogP contribution in [0, 0.1) is 0 Å². The van der Waals surface area contributed by atoms with Crippen molar-refractivity contribution in [1.29, 1.82) is 0 Å². The van der Waals surface area contributed by atoms with E-state index in [4.69, 9.17) is 16.0 Å². The van der Waals surface area contributed by atoms with Gasteiger partial charge >= 0.3 is 6.18 Å². The smallest absolute Gasteiger partial charge is 0.416 e. The van der Waals surface area contributed by atoms with E-state index in [1.165, 1.54) is 12.1 Å². The largest absolute Gasteiger partial charge is 0.455 e. The molecule has 0 aliphatic heterocycles. The summed E-state index contributed by atoms with van der Waals surface area (Å²) in [5.41, 5.74) is -0.380. The predicted molar refractivity (Wildman–Crippen MR) is 104 cm³/mol. The Morgan fingerprint density at radius 2 is 1.77 bits per heavy atom. The molecule has 1 amide bonds. The first-order chi connectivity index (χ1) is 14.1. The maximum atomic E-state index is 12.8. The maximum Gasteiger partial charge on any atom is 0.416 e. The molecule has 3 aromatic rings. The molecular weight excluding hydrogens is 443 g/mol. The number of nitrogens with one attached hydrogen (secondary N) is 1. The Bertz CT molecular complexity index is 1170. The van der Waals surface area contributed by atoms with Gasteiger partial charge in [-0.1, -0.05) is 35.9 Å². The van der Waals surface area contributed by atoms with Gasteiger partial charge in [0.15, 0.2) is 15.6 Å². The number of hydrogen-bond donors (Lipinski definition) is 1. The molecule has 30 heavy (non-hydrogen) atoms. The molecule has 3 rings (SSSR count). The molecule has 1 N–H and O–H groups in total. The summed E-state index contributed by atoms with van der Waals surface area (Å²) >= 11 is 6.02. The molecule has 0 saturated heterocycles. The SMILES string of the molecule is O=C(NCc1ccccc1Cl)c1ccc(CS(=O)(=O)c2cccc(C(F)(F)F)c2)o1. The van der Waals surface area contributed by atoms with E-state index in [0.29, 0.717) is 16.7 Å². The van der Waals surface area contributed by atoms with E-state index < -0.39 is 38.1 Å². The van der Waals surface area contributed by atoms with Crippen molar-refractivity contribution in [3.05, 3.63) is 88.3 Å². The number of carbonyl (C=O) groups is 1. The van der Waals surface area contributed by atoms with E-state index in [9.17, 15) is 26.4 Å². The Hall–Kier alpha value is -2.78. The van der Waals surface area contributed by atoms with Crippen molar-refractivity contribution in [2.75, 3.05) is 0 Å². The first kappa shape index (κ1) is 21.9. The minimum atomic E-state index is -4.66. The molecule has 0 saturated carbocycles. The third-order valence-corrected chi connectivity index (χ3v) is 6.14. The molecule has 0 atom stereocenters. The second-order valence-electron chi connectivity index (χ2n) is 6.32. The van der Waals surface area contributed by atoms with Crippen molar-refractivity contribution in [1.82, 2.24) is 5.32 Å². The van der Waals surface area contributed by atoms with E-state index in [0.717, 1.165) is 18.2 Å². The van der Waals surface area contributed by atoms with Gasteiger partial charge in [-0.3, -0.25) is 4.79 Å². The number of carbonyl (C=O) groups excluding carboxylic acids is 1. The molecular formula is C20H15ClF3NO4S. The summed E-state index contributed by atoms with van der Waals surface area (Å²) in [5.74, 6) is -1.48. The van der Waals surface area contributed by atoms with Crippen molar-refractivity contribution >= 4 is 27.3 Å². The summed E-state index contributed by atoms with van der Waals surface area (Å²) in [6.45, 7) is 0.136. The Balaban J connectivity index is 1.70. The number of furan rings is 1. The lowest BCUT2D eigenvalue weighted by Crippen LogP contribution is -2.22. The number of amides is 1. The lowest BCUT2D eigenvalue weighted by Gasteiger charge is -2.09. The fraction of sp³-hybridized carbons (Fsp3) is 0.150. The van der Waals surface area contributed by atoms with Crippen molar-refractivity contribution in [2.24, 2.45) is 0 Å². The molecule has 0 bridgehead atoms. The van der Waals surface area contributed by atoms with Crippen molar-refractivity contribution in [3.63, 3.8) is 0 Å². The second-order valence-corrected chi connectivity index (χ2v) is 8.72. The molecule has 0 aliphatic carbocycles. The van der Waals surface area contributed by atoms with Crippen LogP contribution in [0.15, 0.2) is 70.0 Å². The third-order valence-electron chi connectivity index (χ3n) is 4.14. The summed E-state index contributed by atoms with van der Waals surface area (Å²) < 4.78 is 68.7. The zero-order valence-electron chi connectivity index (χ0n) is 15.2. The van der Waals surface area contributed by atoms with E-state index in [2.05, 4.69) is 5.32 Å². The molecule has 0 fully saturated rings. The van der Waals surface area contributed by atoms with Crippen LogP contribution in [0.5, 0.6) is 0 Å². The van der Waals surface area contributed by atoms with Crippen molar-refractivity contribution in [2.45, 2.75) is 23.4 Å². The molecule has 0 aliphatic rings. The van der Waals surface area contributed by atoms with Crippen molar-refractivity contribution < 1.29 is 30.8 Å². The van der Waals surface area contributed by atoms with Crippen LogP contribution in [0.4, 0.5) is 13.2 Å². The molecule has 0 unspecified atom stereocenters. The standard InChI is InChI=1S/C20H15ClF3NO4S/c21-17-7-2-1-4-13(17)11-25-19(26)18-9-8-15(29-18)12-30(27,28)16-6-3-5-14(10-16)20(22,23)24/h1-10H,11-12H2,(H,25,26). The minimum absolute atomic E-state index is 0.0738. The highest BCUT2D eigenvalue weighted by Crippen LogP contribution is 2.31. The quantitative estimate of drug-likeness (QED) is 0.573. The highest BCUT2D eigenvalue weighted by molar-refractivity contribution is 7.90. The minimum Gasteiger partial charge on any atom is -0.455 e. The van der Waals surface area contributed by atoms with Crippen LogP contribution in [-0.4, -0.2) is 14.3 Å². The summed E-state index contributed by atoms with van der Waals surface area (Å²) in [5, 5.41) is 3.07. The molecule has 0 spiro atoms. The van der Waals surface area contributed by atoms with Gasteiger partial charge in [0.1, 0.15) is 11.5 Å². The van der Waals surface area contributed by atoms with Gasteiger partial charge in [0, 0.05) is 11.6 Å². The number of sulfone groups is 1. The Morgan fingerprint density at radius 1 is 1.03 bits per heavy atom. The van der Waals surface area contributed by atoms with Gasteiger partial charge in [0.25, 0.3) is 5.91 Å². The van der Waals surface area contributed by atoms with E-state index in [-0.39, 0.29) is 18.1 Å². The van der Waals surface area contributed by atoms with Crippen LogP contribution in [0.2, 0.25) is 5.02 Å². The number of halogens is 4. The average molecular weight is 458 g/mol. The molecule has 5 nitrogen and oxygen atoms in total. The topological polar surface area (TPSA) is 76.4 Å². The third kappa shape index (κ3) is 5.22. The number of rotatable bonds is 6. The number of benzene rings is 2. The summed E-state index contributed by atoms with van der Waals surface area (Å²) in [4.78, 5) is 11.7.